The third-order valence-electron chi connectivity index (χ3n) is 5.34. The lowest BCUT2D eigenvalue weighted by atomic mass is 10.1. The first-order valence-electron chi connectivity index (χ1n) is 10.2. The fraction of sp³-hybridized carbons (Fsp3) is 0.208. The SMILES string of the molecule is c1ccc(-c2cc(N3CCCCC3)nc(Nc3cccc4cccnc34)n2)cc1. The molecule has 29 heavy (non-hydrogen) atoms. The molecule has 144 valence electrons. The molecule has 5 heteroatoms. The van der Waals surface area contributed by atoms with Gasteiger partial charge < -0.3 is 10.2 Å². The number of aromatic nitrogens is 3. The number of hydrogen-bond donors (Lipinski definition) is 1. The number of nitrogens with zero attached hydrogens (tertiary/aromatic N) is 4. The van der Waals surface area contributed by atoms with Crippen molar-refractivity contribution in [2.75, 3.05) is 23.3 Å². The lowest BCUT2D eigenvalue weighted by molar-refractivity contribution is 0.573. The van der Waals surface area contributed by atoms with Gasteiger partial charge in [0.15, 0.2) is 0 Å². The summed E-state index contributed by atoms with van der Waals surface area (Å²) in [6, 6.07) is 22.5. The van der Waals surface area contributed by atoms with Gasteiger partial charge in [0, 0.05) is 36.3 Å². The van der Waals surface area contributed by atoms with Crippen LogP contribution in [0.1, 0.15) is 19.3 Å². The number of piperidine rings is 1. The topological polar surface area (TPSA) is 53.9 Å². The number of anilines is 3. The number of benzene rings is 2. The van der Waals surface area contributed by atoms with Crippen molar-refractivity contribution >= 4 is 28.4 Å². The van der Waals surface area contributed by atoms with Crippen LogP contribution in [0.4, 0.5) is 17.5 Å². The third-order valence-corrected chi connectivity index (χ3v) is 5.34. The number of pyridine rings is 1. The quantitative estimate of drug-likeness (QED) is 0.511. The minimum absolute atomic E-state index is 0.602. The van der Waals surface area contributed by atoms with Crippen molar-refractivity contribution in [2.45, 2.75) is 19.3 Å². The van der Waals surface area contributed by atoms with Gasteiger partial charge in [-0.1, -0.05) is 48.5 Å². The summed E-state index contributed by atoms with van der Waals surface area (Å²) < 4.78 is 0. The fourth-order valence-electron chi connectivity index (χ4n) is 3.86. The van der Waals surface area contributed by atoms with E-state index in [1.54, 1.807) is 0 Å². The lowest BCUT2D eigenvalue weighted by Gasteiger charge is -2.28. The molecule has 0 amide bonds. The molecule has 1 N–H and O–H groups in total. The van der Waals surface area contributed by atoms with Crippen LogP contribution in [0.2, 0.25) is 0 Å². The van der Waals surface area contributed by atoms with Crippen LogP contribution in [0.15, 0.2) is 72.9 Å². The molecule has 1 fully saturated rings. The second-order valence-electron chi connectivity index (χ2n) is 7.35. The van der Waals surface area contributed by atoms with E-state index < -0.39 is 0 Å². The Balaban J connectivity index is 1.57. The van der Waals surface area contributed by atoms with Gasteiger partial charge in [0.1, 0.15) is 5.82 Å². The minimum Gasteiger partial charge on any atom is -0.356 e. The summed E-state index contributed by atoms with van der Waals surface area (Å²) in [4.78, 5) is 16.6. The van der Waals surface area contributed by atoms with Crippen molar-refractivity contribution < 1.29 is 0 Å². The Morgan fingerprint density at radius 1 is 0.793 bits per heavy atom. The van der Waals surface area contributed by atoms with Gasteiger partial charge in [-0.25, -0.2) is 4.98 Å². The third kappa shape index (κ3) is 3.76. The van der Waals surface area contributed by atoms with Gasteiger partial charge in [-0.15, -0.1) is 0 Å². The van der Waals surface area contributed by atoms with Crippen LogP contribution in [0, 0.1) is 0 Å². The molecule has 0 radical (unpaired) electrons. The largest absolute Gasteiger partial charge is 0.356 e. The summed E-state index contributed by atoms with van der Waals surface area (Å²) in [7, 11) is 0. The van der Waals surface area contributed by atoms with E-state index in [1.807, 2.05) is 42.6 Å². The van der Waals surface area contributed by atoms with E-state index in [0.717, 1.165) is 46.8 Å². The van der Waals surface area contributed by atoms with Crippen LogP contribution >= 0.6 is 0 Å². The molecule has 4 aromatic rings. The fourth-order valence-corrected chi connectivity index (χ4v) is 3.86. The minimum atomic E-state index is 0.602. The van der Waals surface area contributed by atoms with Crippen molar-refractivity contribution in [3.63, 3.8) is 0 Å². The van der Waals surface area contributed by atoms with E-state index >= 15 is 0 Å². The van der Waals surface area contributed by atoms with Gasteiger partial charge in [0.25, 0.3) is 0 Å². The van der Waals surface area contributed by atoms with Crippen molar-refractivity contribution in [3.8, 4) is 11.3 Å². The van der Waals surface area contributed by atoms with E-state index in [0.29, 0.717) is 5.95 Å². The summed E-state index contributed by atoms with van der Waals surface area (Å²) in [5, 5.41) is 4.52. The Kier molecular flexibility index (Phi) is 4.78. The predicted molar refractivity (Wildman–Crippen MR) is 119 cm³/mol. The summed E-state index contributed by atoms with van der Waals surface area (Å²) >= 11 is 0. The molecule has 0 unspecified atom stereocenters. The van der Waals surface area contributed by atoms with Crippen LogP contribution in [-0.2, 0) is 0 Å². The normalized spacial score (nSPS) is 14.1. The Labute approximate surface area is 170 Å². The molecule has 5 rings (SSSR count). The van der Waals surface area contributed by atoms with Gasteiger partial charge in [0.2, 0.25) is 5.95 Å². The second kappa shape index (κ2) is 7.87. The average Bonchev–Trinajstić information content (AvgIpc) is 2.80. The van der Waals surface area contributed by atoms with Gasteiger partial charge in [-0.05, 0) is 31.4 Å². The molecule has 2 aromatic carbocycles. The highest BCUT2D eigenvalue weighted by molar-refractivity contribution is 5.91. The molecular formula is C24H23N5. The van der Waals surface area contributed by atoms with Crippen LogP contribution in [0.3, 0.4) is 0 Å². The Morgan fingerprint density at radius 3 is 2.48 bits per heavy atom. The molecule has 1 aliphatic rings. The van der Waals surface area contributed by atoms with E-state index in [-0.39, 0.29) is 0 Å². The van der Waals surface area contributed by atoms with E-state index in [4.69, 9.17) is 9.97 Å². The molecule has 3 heterocycles. The second-order valence-corrected chi connectivity index (χ2v) is 7.35. The zero-order valence-corrected chi connectivity index (χ0v) is 16.3. The summed E-state index contributed by atoms with van der Waals surface area (Å²) in [5.41, 5.74) is 3.85. The molecule has 2 aromatic heterocycles. The first-order chi connectivity index (χ1) is 14.4. The maximum atomic E-state index is 4.86. The predicted octanol–water partition coefficient (Wildman–Crippen LogP) is 5.43. The molecule has 1 aliphatic heterocycles. The summed E-state index contributed by atoms with van der Waals surface area (Å²) in [6.45, 7) is 2.08. The highest BCUT2D eigenvalue weighted by Gasteiger charge is 2.16. The van der Waals surface area contributed by atoms with Gasteiger partial charge in [-0.3, -0.25) is 4.98 Å². The highest BCUT2D eigenvalue weighted by atomic mass is 15.2. The zero-order chi connectivity index (χ0) is 19.5. The first-order valence-corrected chi connectivity index (χ1v) is 10.2. The number of hydrogen-bond acceptors (Lipinski definition) is 5. The van der Waals surface area contributed by atoms with Crippen molar-refractivity contribution in [2.24, 2.45) is 0 Å². The maximum absolute atomic E-state index is 4.86. The average molecular weight is 381 g/mol. The molecule has 0 atom stereocenters. The van der Waals surface area contributed by atoms with E-state index in [9.17, 15) is 0 Å². The summed E-state index contributed by atoms with van der Waals surface area (Å²) in [5.74, 6) is 1.58. The van der Waals surface area contributed by atoms with Crippen LogP contribution in [-0.4, -0.2) is 28.0 Å². The van der Waals surface area contributed by atoms with E-state index in [2.05, 4.69) is 45.5 Å². The molecular weight excluding hydrogens is 358 g/mol. The number of rotatable bonds is 4. The molecule has 0 saturated carbocycles. The zero-order valence-electron chi connectivity index (χ0n) is 16.3. The highest BCUT2D eigenvalue weighted by Crippen LogP contribution is 2.28. The van der Waals surface area contributed by atoms with Crippen molar-refractivity contribution in [1.29, 1.82) is 0 Å². The van der Waals surface area contributed by atoms with E-state index in [1.165, 1.54) is 19.3 Å². The number of nitrogens with one attached hydrogen (secondary N) is 1. The van der Waals surface area contributed by atoms with Crippen LogP contribution in [0.5, 0.6) is 0 Å². The molecule has 0 aliphatic carbocycles. The Hall–Kier alpha value is -3.47. The van der Waals surface area contributed by atoms with Gasteiger partial charge >= 0.3 is 0 Å². The molecule has 5 nitrogen and oxygen atoms in total. The maximum Gasteiger partial charge on any atom is 0.229 e. The van der Waals surface area contributed by atoms with Crippen LogP contribution in [0.25, 0.3) is 22.2 Å². The standard InChI is InChI=1S/C24H23N5/c1-3-9-18(10-4-1)21-17-22(29-15-5-2-6-16-29)28-24(27-21)26-20-13-7-11-19-12-8-14-25-23(19)20/h1,3-4,7-14,17H,2,5-6,15-16H2,(H,26,27,28). The van der Waals surface area contributed by atoms with Gasteiger partial charge in [0.05, 0.1) is 16.9 Å². The molecule has 0 bridgehead atoms. The molecule has 1 saturated heterocycles. The Bertz CT molecular complexity index is 1120. The number of fused-ring (bicyclic) bond motifs is 1. The van der Waals surface area contributed by atoms with Crippen molar-refractivity contribution in [1.82, 2.24) is 15.0 Å². The van der Waals surface area contributed by atoms with Gasteiger partial charge in [-0.2, -0.15) is 4.98 Å². The van der Waals surface area contributed by atoms with Crippen LogP contribution < -0.4 is 10.2 Å². The summed E-state index contributed by atoms with van der Waals surface area (Å²) in [6.07, 6.45) is 5.52. The monoisotopic (exact) mass is 381 g/mol. The molecule has 0 spiro atoms. The Morgan fingerprint density at radius 2 is 1.62 bits per heavy atom. The lowest BCUT2D eigenvalue weighted by Crippen LogP contribution is -2.30. The number of para-hydroxylation sites is 1. The van der Waals surface area contributed by atoms with Crippen molar-refractivity contribution in [3.05, 3.63) is 72.9 Å². The smallest absolute Gasteiger partial charge is 0.229 e. The first kappa shape index (κ1) is 17.6.